The van der Waals surface area contributed by atoms with Crippen LogP contribution >= 0.6 is 0 Å². The third-order valence-electron chi connectivity index (χ3n) is 3.89. The molecule has 0 spiro atoms. The van der Waals surface area contributed by atoms with Gasteiger partial charge in [-0.3, -0.25) is 0 Å². The number of aliphatic hydroxyl groups excluding tert-OH is 1. The van der Waals surface area contributed by atoms with Crippen molar-refractivity contribution in [2.45, 2.75) is 51.6 Å². The highest BCUT2D eigenvalue weighted by atomic mass is 16.3. The fourth-order valence-electron chi connectivity index (χ4n) is 3.73. The Balaban J connectivity index is 2.06. The molecule has 1 aromatic rings. The van der Waals surface area contributed by atoms with Crippen LogP contribution in [0.4, 0.5) is 0 Å². The van der Waals surface area contributed by atoms with Crippen LogP contribution in [0.5, 0.6) is 0 Å². The number of benzene rings is 1. The van der Waals surface area contributed by atoms with Gasteiger partial charge in [-0.25, -0.2) is 0 Å². The number of rotatable bonds is 3. The Morgan fingerprint density at radius 1 is 1.19 bits per heavy atom. The minimum absolute atomic E-state index is 0.176. The molecule has 1 aliphatic rings. The quantitative estimate of drug-likeness (QED) is 0.823. The van der Waals surface area contributed by atoms with Crippen molar-refractivity contribution >= 4 is 0 Å². The topological polar surface area (TPSA) is 20.2 Å². The van der Waals surface area contributed by atoms with Gasteiger partial charge in [-0.1, -0.05) is 44.2 Å². The summed E-state index contributed by atoms with van der Waals surface area (Å²) in [7, 11) is 0. The summed E-state index contributed by atoms with van der Waals surface area (Å²) in [5.41, 5.74) is 2.10. The standard InChI is InChI=1S/C15H22O/c1-12(16)9-14(2)10-15(3,11-14)13-7-5-4-6-8-13/h4-8,12,16H,9-11H2,1-3H3. The lowest BCUT2D eigenvalue weighted by Gasteiger charge is -2.54. The molecule has 1 heteroatoms. The van der Waals surface area contributed by atoms with Crippen LogP contribution in [0.25, 0.3) is 0 Å². The van der Waals surface area contributed by atoms with Crippen LogP contribution in [0.1, 0.15) is 45.6 Å². The molecular formula is C15H22O. The zero-order chi connectivity index (χ0) is 11.8. The van der Waals surface area contributed by atoms with E-state index in [0.717, 1.165) is 6.42 Å². The normalized spacial score (nSPS) is 35.5. The van der Waals surface area contributed by atoms with E-state index in [4.69, 9.17) is 0 Å². The van der Waals surface area contributed by atoms with Crippen molar-refractivity contribution in [2.24, 2.45) is 5.41 Å². The van der Waals surface area contributed by atoms with Gasteiger partial charge in [0, 0.05) is 0 Å². The first-order chi connectivity index (χ1) is 7.44. The summed E-state index contributed by atoms with van der Waals surface area (Å²) in [6.45, 7) is 6.53. The third kappa shape index (κ3) is 2.15. The summed E-state index contributed by atoms with van der Waals surface area (Å²) in [6, 6.07) is 10.8. The second-order valence-corrected chi connectivity index (χ2v) is 6.14. The van der Waals surface area contributed by atoms with Crippen LogP contribution in [-0.4, -0.2) is 11.2 Å². The van der Waals surface area contributed by atoms with Gasteiger partial charge in [0.05, 0.1) is 6.10 Å². The Morgan fingerprint density at radius 2 is 1.75 bits per heavy atom. The van der Waals surface area contributed by atoms with Gasteiger partial charge in [0.2, 0.25) is 0 Å². The fraction of sp³-hybridized carbons (Fsp3) is 0.600. The third-order valence-corrected chi connectivity index (χ3v) is 3.89. The molecule has 0 aliphatic heterocycles. The summed E-state index contributed by atoms with van der Waals surface area (Å²) in [5, 5.41) is 9.49. The predicted molar refractivity (Wildman–Crippen MR) is 67.4 cm³/mol. The summed E-state index contributed by atoms with van der Waals surface area (Å²) in [6.07, 6.45) is 3.13. The number of aliphatic hydroxyl groups is 1. The first kappa shape index (κ1) is 11.7. The highest BCUT2D eigenvalue weighted by Crippen LogP contribution is 2.57. The minimum atomic E-state index is -0.176. The summed E-state index contributed by atoms with van der Waals surface area (Å²) < 4.78 is 0. The van der Waals surface area contributed by atoms with E-state index in [1.165, 1.54) is 18.4 Å². The summed E-state index contributed by atoms with van der Waals surface area (Å²) in [5.74, 6) is 0. The second-order valence-electron chi connectivity index (χ2n) is 6.14. The molecule has 88 valence electrons. The molecule has 0 amide bonds. The summed E-state index contributed by atoms with van der Waals surface area (Å²) >= 11 is 0. The van der Waals surface area contributed by atoms with E-state index >= 15 is 0 Å². The van der Waals surface area contributed by atoms with E-state index in [-0.39, 0.29) is 6.10 Å². The molecule has 1 N–H and O–H groups in total. The molecule has 1 unspecified atom stereocenters. The Labute approximate surface area is 98.5 Å². The maximum atomic E-state index is 9.49. The van der Waals surface area contributed by atoms with Crippen molar-refractivity contribution in [3.63, 3.8) is 0 Å². The maximum Gasteiger partial charge on any atom is 0.0517 e. The number of hydrogen-bond acceptors (Lipinski definition) is 1. The first-order valence-corrected chi connectivity index (χ1v) is 6.17. The molecule has 0 radical (unpaired) electrons. The average Bonchev–Trinajstić information content (AvgIpc) is 2.15. The molecule has 2 rings (SSSR count). The van der Waals surface area contributed by atoms with Gasteiger partial charge in [-0.2, -0.15) is 0 Å². The van der Waals surface area contributed by atoms with Crippen LogP contribution in [-0.2, 0) is 5.41 Å². The minimum Gasteiger partial charge on any atom is -0.393 e. The molecule has 1 nitrogen and oxygen atoms in total. The van der Waals surface area contributed by atoms with E-state index in [1.807, 2.05) is 6.92 Å². The lowest BCUT2D eigenvalue weighted by molar-refractivity contribution is 0.00340. The van der Waals surface area contributed by atoms with Crippen molar-refractivity contribution in [3.05, 3.63) is 35.9 Å². The molecule has 0 saturated heterocycles. The van der Waals surface area contributed by atoms with Crippen molar-refractivity contribution in [2.75, 3.05) is 0 Å². The van der Waals surface area contributed by atoms with Gasteiger partial charge in [0.25, 0.3) is 0 Å². The lowest BCUT2D eigenvalue weighted by Crippen LogP contribution is -2.47. The van der Waals surface area contributed by atoms with Gasteiger partial charge in [0.15, 0.2) is 0 Å². The highest BCUT2D eigenvalue weighted by Gasteiger charge is 2.49. The highest BCUT2D eigenvalue weighted by molar-refractivity contribution is 5.29. The van der Waals surface area contributed by atoms with Gasteiger partial charge in [-0.05, 0) is 42.6 Å². The Bertz CT molecular complexity index is 347. The Hall–Kier alpha value is -0.820. The van der Waals surface area contributed by atoms with Crippen molar-refractivity contribution in [3.8, 4) is 0 Å². The summed E-state index contributed by atoms with van der Waals surface area (Å²) in [4.78, 5) is 0. The van der Waals surface area contributed by atoms with Crippen molar-refractivity contribution < 1.29 is 5.11 Å². The Kier molecular flexibility index (Phi) is 2.83. The molecule has 1 fully saturated rings. The molecule has 1 aliphatic carbocycles. The first-order valence-electron chi connectivity index (χ1n) is 6.17. The van der Waals surface area contributed by atoms with Gasteiger partial charge >= 0.3 is 0 Å². The monoisotopic (exact) mass is 218 g/mol. The maximum absolute atomic E-state index is 9.49. The second kappa shape index (κ2) is 3.89. The van der Waals surface area contributed by atoms with Crippen LogP contribution < -0.4 is 0 Å². The molecule has 0 aromatic heterocycles. The molecule has 1 aromatic carbocycles. The fourth-order valence-corrected chi connectivity index (χ4v) is 3.73. The molecule has 0 bridgehead atoms. The van der Waals surface area contributed by atoms with Crippen LogP contribution in [0.15, 0.2) is 30.3 Å². The smallest absolute Gasteiger partial charge is 0.0517 e. The van der Waals surface area contributed by atoms with Gasteiger partial charge in [-0.15, -0.1) is 0 Å². The molecule has 0 heterocycles. The van der Waals surface area contributed by atoms with Crippen molar-refractivity contribution in [1.29, 1.82) is 0 Å². The molecule has 16 heavy (non-hydrogen) atoms. The molecule has 1 saturated carbocycles. The van der Waals surface area contributed by atoms with Crippen LogP contribution in [0.3, 0.4) is 0 Å². The number of hydrogen-bond donors (Lipinski definition) is 1. The van der Waals surface area contributed by atoms with E-state index < -0.39 is 0 Å². The van der Waals surface area contributed by atoms with E-state index in [1.54, 1.807) is 0 Å². The van der Waals surface area contributed by atoms with Gasteiger partial charge in [0.1, 0.15) is 0 Å². The zero-order valence-electron chi connectivity index (χ0n) is 10.5. The zero-order valence-corrected chi connectivity index (χ0v) is 10.5. The predicted octanol–water partition coefficient (Wildman–Crippen LogP) is 3.52. The van der Waals surface area contributed by atoms with E-state index in [9.17, 15) is 5.11 Å². The van der Waals surface area contributed by atoms with Crippen LogP contribution in [0.2, 0.25) is 0 Å². The largest absolute Gasteiger partial charge is 0.393 e. The van der Waals surface area contributed by atoms with Crippen LogP contribution in [0, 0.1) is 5.41 Å². The average molecular weight is 218 g/mol. The molecule has 1 atom stereocenters. The van der Waals surface area contributed by atoms with Crippen molar-refractivity contribution in [1.82, 2.24) is 0 Å². The molecular weight excluding hydrogens is 196 g/mol. The lowest BCUT2D eigenvalue weighted by atomic mass is 9.50. The van der Waals surface area contributed by atoms with E-state index in [2.05, 4.69) is 44.2 Å². The van der Waals surface area contributed by atoms with E-state index in [0.29, 0.717) is 10.8 Å². The SMILES string of the molecule is CC(O)CC1(C)CC(C)(c2ccccc2)C1. The van der Waals surface area contributed by atoms with Gasteiger partial charge < -0.3 is 5.11 Å². The Morgan fingerprint density at radius 3 is 2.25 bits per heavy atom.